The van der Waals surface area contributed by atoms with Crippen molar-refractivity contribution in [3.8, 4) is 0 Å². The number of carbonyl (C=O) groups excluding carboxylic acids is 1. The van der Waals surface area contributed by atoms with Crippen molar-refractivity contribution in [2.24, 2.45) is 0 Å². The molecule has 32 heavy (non-hydrogen) atoms. The molecule has 0 radical (unpaired) electrons. The van der Waals surface area contributed by atoms with Crippen LogP contribution >= 0.6 is 0 Å². The van der Waals surface area contributed by atoms with Crippen molar-refractivity contribution >= 4 is 21.7 Å². The minimum atomic E-state index is -4.00. The molecule has 1 aliphatic rings. The van der Waals surface area contributed by atoms with Crippen molar-refractivity contribution in [3.63, 3.8) is 0 Å². The number of benzene rings is 2. The predicted octanol–water partition coefficient (Wildman–Crippen LogP) is 3.81. The Hall–Kier alpha value is -3.04. The first-order valence-electron chi connectivity index (χ1n) is 10.5. The maximum atomic E-state index is 14.4. The van der Waals surface area contributed by atoms with Crippen LogP contribution in [0.3, 0.4) is 0 Å². The van der Waals surface area contributed by atoms with E-state index in [4.69, 9.17) is 0 Å². The number of hydrogen-bond donors (Lipinski definition) is 1. The molecule has 0 unspecified atom stereocenters. The Balaban J connectivity index is 1.55. The van der Waals surface area contributed by atoms with Crippen molar-refractivity contribution in [2.75, 3.05) is 18.4 Å². The number of hydrogen-bond acceptors (Lipinski definition) is 4. The van der Waals surface area contributed by atoms with Gasteiger partial charge in [-0.25, -0.2) is 17.5 Å². The fourth-order valence-electron chi connectivity index (χ4n) is 3.82. The van der Waals surface area contributed by atoms with Crippen LogP contribution in [-0.4, -0.2) is 41.5 Å². The molecule has 1 amide bonds. The van der Waals surface area contributed by atoms with Crippen LogP contribution in [0.15, 0.2) is 59.6 Å². The van der Waals surface area contributed by atoms with Gasteiger partial charge in [0, 0.05) is 24.7 Å². The first kappa shape index (κ1) is 22.2. The number of aromatic nitrogens is 2. The fraction of sp³-hybridized carbons (Fsp3) is 0.304. The van der Waals surface area contributed by atoms with Crippen LogP contribution in [0, 0.1) is 12.7 Å². The zero-order valence-electron chi connectivity index (χ0n) is 17.8. The molecule has 0 atom stereocenters. The highest BCUT2D eigenvalue weighted by atomic mass is 32.2. The summed E-state index contributed by atoms with van der Waals surface area (Å²) in [4.78, 5) is 12.4. The van der Waals surface area contributed by atoms with Gasteiger partial charge in [0.05, 0.1) is 12.7 Å². The summed E-state index contributed by atoms with van der Waals surface area (Å²) < 4.78 is 43.2. The molecule has 7 nitrogen and oxygen atoms in total. The van der Waals surface area contributed by atoms with Gasteiger partial charge in [-0.2, -0.15) is 9.40 Å². The Morgan fingerprint density at radius 2 is 1.88 bits per heavy atom. The van der Waals surface area contributed by atoms with Crippen LogP contribution in [0.2, 0.25) is 0 Å². The molecule has 4 rings (SSSR count). The fourth-order valence-corrected chi connectivity index (χ4v) is 5.43. The van der Waals surface area contributed by atoms with Crippen molar-refractivity contribution < 1.29 is 17.6 Å². The summed E-state index contributed by atoms with van der Waals surface area (Å²) in [6.45, 7) is 3.17. The number of aryl methyl sites for hydroxylation is 1. The van der Waals surface area contributed by atoms with E-state index in [0.717, 1.165) is 42.5 Å². The van der Waals surface area contributed by atoms with Gasteiger partial charge < -0.3 is 5.32 Å². The van der Waals surface area contributed by atoms with Gasteiger partial charge in [-0.05, 0) is 43.5 Å². The summed E-state index contributed by atoms with van der Waals surface area (Å²) >= 11 is 0. The number of nitrogens with zero attached hydrogens (tertiary/aromatic N) is 3. The van der Waals surface area contributed by atoms with Crippen LogP contribution in [0.25, 0.3) is 0 Å². The highest BCUT2D eigenvalue weighted by molar-refractivity contribution is 7.89. The topological polar surface area (TPSA) is 84.3 Å². The van der Waals surface area contributed by atoms with E-state index in [1.165, 1.54) is 10.4 Å². The van der Waals surface area contributed by atoms with E-state index in [-0.39, 0.29) is 5.56 Å². The zero-order valence-corrected chi connectivity index (χ0v) is 18.6. The lowest BCUT2D eigenvalue weighted by Gasteiger charge is -2.26. The third-order valence-electron chi connectivity index (χ3n) is 5.50. The van der Waals surface area contributed by atoms with E-state index in [0.29, 0.717) is 25.5 Å². The van der Waals surface area contributed by atoms with Crippen LogP contribution in [0.4, 0.5) is 10.2 Å². The average Bonchev–Trinajstić information content (AvgIpc) is 3.21. The number of carbonyl (C=O) groups is 1. The molecule has 3 aromatic rings. The van der Waals surface area contributed by atoms with E-state index >= 15 is 0 Å². The van der Waals surface area contributed by atoms with Gasteiger partial charge >= 0.3 is 0 Å². The summed E-state index contributed by atoms with van der Waals surface area (Å²) in [6, 6.07) is 13.0. The standard InChI is InChI=1S/C23H25FN4O3S/c1-17-6-5-7-18(14-17)16-28-22(10-11-25-28)26-23(29)19-8-9-20(24)21(15-19)32(30,31)27-12-3-2-4-13-27/h5-11,14-15H,2-4,12-13,16H2,1H3,(H,26,29). The van der Waals surface area contributed by atoms with Crippen LogP contribution in [0.5, 0.6) is 0 Å². The number of anilines is 1. The average molecular weight is 457 g/mol. The number of amides is 1. The Bertz CT molecular complexity index is 1230. The van der Waals surface area contributed by atoms with Crippen molar-refractivity contribution in [2.45, 2.75) is 37.6 Å². The maximum absolute atomic E-state index is 14.4. The molecule has 1 N–H and O–H groups in total. The van der Waals surface area contributed by atoms with Gasteiger partial charge in [0.25, 0.3) is 5.91 Å². The second-order valence-electron chi connectivity index (χ2n) is 7.93. The van der Waals surface area contributed by atoms with E-state index in [1.807, 2.05) is 31.2 Å². The third-order valence-corrected chi connectivity index (χ3v) is 7.41. The van der Waals surface area contributed by atoms with Crippen molar-refractivity contribution in [1.82, 2.24) is 14.1 Å². The van der Waals surface area contributed by atoms with Gasteiger partial charge in [0.2, 0.25) is 10.0 Å². The van der Waals surface area contributed by atoms with Crippen molar-refractivity contribution in [3.05, 3.63) is 77.2 Å². The van der Waals surface area contributed by atoms with E-state index in [1.54, 1.807) is 16.9 Å². The highest BCUT2D eigenvalue weighted by Crippen LogP contribution is 2.24. The largest absolute Gasteiger partial charge is 0.307 e. The van der Waals surface area contributed by atoms with Crippen LogP contribution < -0.4 is 5.32 Å². The highest BCUT2D eigenvalue weighted by Gasteiger charge is 2.29. The van der Waals surface area contributed by atoms with Crippen LogP contribution in [-0.2, 0) is 16.6 Å². The quantitative estimate of drug-likeness (QED) is 0.611. The summed E-state index contributed by atoms with van der Waals surface area (Å²) in [7, 11) is -4.00. The van der Waals surface area contributed by atoms with Gasteiger partial charge in [0.1, 0.15) is 16.5 Å². The Kier molecular flexibility index (Phi) is 6.38. The first-order chi connectivity index (χ1) is 15.3. The van der Waals surface area contributed by atoms with Gasteiger partial charge in [-0.1, -0.05) is 36.2 Å². The molecule has 1 saturated heterocycles. The molecule has 1 aliphatic heterocycles. The second-order valence-corrected chi connectivity index (χ2v) is 9.83. The van der Waals surface area contributed by atoms with Crippen molar-refractivity contribution in [1.29, 1.82) is 0 Å². The molecule has 0 aliphatic carbocycles. The molecule has 2 heterocycles. The molecule has 1 fully saturated rings. The van der Waals surface area contributed by atoms with Gasteiger partial charge in [-0.3, -0.25) is 4.79 Å². The van der Waals surface area contributed by atoms with E-state index in [9.17, 15) is 17.6 Å². The number of halogens is 1. The molecule has 2 aromatic carbocycles. The number of sulfonamides is 1. The number of nitrogens with one attached hydrogen (secondary N) is 1. The lowest BCUT2D eigenvalue weighted by Crippen LogP contribution is -2.36. The summed E-state index contributed by atoms with van der Waals surface area (Å²) in [5, 5.41) is 7.01. The van der Waals surface area contributed by atoms with Crippen LogP contribution in [0.1, 0.15) is 40.7 Å². The summed E-state index contributed by atoms with van der Waals surface area (Å²) in [6.07, 6.45) is 4.01. The lowest BCUT2D eigenvalue weighted by molar-refractivity contribution is 0.102. The number of piperidine rings is 1. The first-order valence-corrected chi connectivity index (χ1v) is 12.0. The third kappa shape index (κ3) is 4.73. The normalized spacial score (nSPS) is 14.9. The molecule has 168 valence electrons. The minimum absolute atomic E-state index is 0.0605. The van der Waals surface area contributed by atoms with E-state index in [2.05, 4.69) is 10.4 Å². The summed E-state index contributed by atoms with van der Waals surface area (Å²) in [5.74, 6) is -0.941. The molecule has 0 bridgehead atoms. The van der Waals surface area contributed by atoms with E-state index < -0.39 is 26.6 Å². The lowest BCUT2D eigenvalue weighted by atomic mass is 10.1. The molecular formula is C23H25FN4O3S. The molecule has 0 spiro atoms. The summed E-state index contributed by atoms with van der Waals surface area (Å²) in [5.41, 5.74) is 2.21. The van der Waals surface area contributed by atoms with Gasteiger partial charge in [0.15, 0.2) is 0 Å². The molecule has 9 heteroatoms. The molecule has 1 aromatic heterocycles. The molecule has 0 saturated carbocycles. The Labute approximate surface area is 186 Å². The predicted molar refractivity (Wildman–Crippen MR) is 119 cm³/mol. The Morgan fingerprint density at radius 1 is 1.09 bits per heavy atom. The maximum Gasteiger partial charge on any atom is 0.256 e. The Morgan fingerprint density at radius 3 is 2.62 bits per heavy atom. The molecular weight excluding hydrogens is 431 g/mol. The SMILES string of the molecule is Cc1cccc(Cn2nccc2NC(=O)c2ccc(F)c(S(=O)(=O)N3CCCCC3)c2)c1. The second kappa shape index (κ2) is 9.22. The van der Waals surface area contributed by atoms with Gasteiger partial charge in [-0.15, -0.1) is 0 Å². The minimum Gasteiger partial charge on any atom is -0.307 e. The smallest absolute Gasteiger partial charge is 0.256 e. The monoisotopic (exact) mass is 456 g/mol. The number of rotatable bonds is 6. The zero-order chi connectivity index (χ0) is 22.7.